The van der Waals surface area contributed by atoms with Crippen molar-refractivity contribution < 1.29 is 17.9 Å². The number of hydrazine groups is 1. The molecule has 1 aromatic rings. The predicted octanol–water partition coefficient (Wildman–Crippen LogP) is 2.52. The van der Waals surface area contributed by atoms with Gasteiger partial charge in [-0.2, -0.15) is 0 Å². The number of nitrogens with two attached hydrogens (primary N) is 1. The molecular formula is C7H6ClF3N2O. The number of rotatable bonds is 2. The van der Waals surface area contributed by atoms with E-state index in [4.69, 9.17) is 17.4 Å². The molecule has 0 aromatic heterocycles. The Labute approximate surface area is 82.6 Å². The summed E-state index contributed by atoms with van der Waals surface area (Å²) in [6.45, 7) is 0. The Morgan fingerprint density at radius 2 is 2.00 bits per heavy atom. The third-order valence-electron chi connectivity index (χ3n) is 1.33. The van der Waals surface area contributed by atoms with Crippen LogP contribution in [-0.2, 0) is 0 Å². The first-order valence-corrected chi connectivity index (χ1v) is 3.82. The fraction of sp³-hybridized carbons (Fsp3) is 0.143. The molecule has 14 heavy (non-hydrogen) atoms. The van der Waals surface area contributed by atoms with Gasteiger partial charge in [0, 0.05) is 6.07 Å². The quantitative estimate of drug-likeness (QED) is 0.602. The highest BCUT2D eigenvalue weighted by molar-refractivity contribution is 6.33. The molecule has 0 saturated heterocycles. The van der Waals surface area contributed by atoms with E-state index in [1.54, 1.807) is 0 Å². The fourth-order valence-corrected chi connectivity index (χ4v) is 1.04. The van der Waals surface area contributed by atoms with Gasteiger partial charge in [-0.3, -0.25) is 5.84 Å². The van der Waals surface area contributed by atoms with E-state index >= 15 is 0 Å². The first-order chi connectivity index (χ1) is 6.42. The van der Waals surface area contributed by atoms with Gasteiger partial charge in [0.2, 0.25) is 0 Å². The molecule has 3 N–H and O–H groups in total. The van der Waals surface area contributed by atoms with Gasteiger partial charge in [-0.15, -0.1) is 13.2 Å². The van der Waals surface area contributed by atoms with Crippen molar-refractivity contribution in [2.45, 2.75) is 6.36 Å². The van der Waals surface area contributed by atoms with Crippen molar-refractivity contribution in [3.05, 3.63) is 23.2 Å². The Morgan fingerprint density at radius 1 is 1.36 bits per heavy atom. The number of ether oxygens (including phenoxy) is 1. The molecular weight excluding hydrogens is 221 g/mol. The maximum absolute atomic E-state index is 11.7. The number of alkyl halides is 3. The van der Waals surface area contributed by atoms with Crippen LogP contribution < -0.4 is 16.0 Å². The molecule has 0 aliphatic heterocycles. The van der Waals surface area contributed by atoms with Crippen molar-refractivity contribution in [1.82, 2.24) is 0 Å². The standard InChI is InChI=1S/C7H6ClF3N2O/c8-5-3-4(14-7(9,10)11)1-2-6(5)13-12/h1-3,13H,12H2. The van der Waals surface area contributed by atoms with Gasteiger partial charge < -0.3 is 10.2 Å². The van der Waals surface area contributed by atoms with E-state index in [0.29, 0.717) is 5.69 Å². The summed E-state index contributed by atoms with van der Waals surface area (Å²) in [6, 6.07) is 3.40. The minimum Gasteiger partial charge on any atom is -0.406 e. The second kappa shape index (κ2) is 3.93. The SMILES string of the molecule is NNc1ccc(OC(F)(F)F)cc1Cl. The minimum atomic E-state index is -4.72. The summed E-state index contributed by atoms with van der Waals surface area (Å²) < 4.78 is 38.9. The average Bonchev–Trinajstić information content (AvgIpc) is 2.01. The van der Waals surface area contributed by atoms with E-state index in [-0.39, 0.29) is 10.8 Å². The van der Waals surface area contributed by atoms with Crippen LogP contribution in [0.15, 0.2) is 18.2 Å². The molecule has 0 heterocycles. The molecule has 7 heteroatoms. The number of halogens is 4. The molecule has 1 rings (SSSR count). The summed E-state index contributed by atoms with van der Waals surface area (Å²) in [4.78, 5) is 0. The highest BCUT2D eigenvalue weighted by Crippen LogP contribution is 2.29. The van der Waals surface area contributed by atoms with Gasteiger partial charge in [0.25, 0.3) is 0 Å². The molecule has 0 radical (unpaired) electrons. The maximum atomic E-state index is 11.7. The molecule has 0 atom stereocenters. The third kappa shape index (κ3) is 2.97. The van der Waals surface area contributed by atoms with Gasteiger partial charge in [-0.25, -0.2) is 0 Å². The smallest absolute Gasteiger partial charge is 0.406 e. The van der Waals surface area contributed by atoms with Gasteiger partial charge >= 0.3 is 6.36 Å². The number of nitrogen functional groups attached to an aromatic ring is 1. The molecule has 0 spiro atoms. The van der Waals surface area contributed by atoms with Gasteiger partial charge in [0.1, 0.15) is 5.75 Å². The van der Waals surface area contributed by atoms with Crippen molar-refractivity contribution in [2.75, 3.05) is 5.43 Å². The molecule has 3 nitrogen and oxygen atoms in total. The van der Waals surface area contributed by atoms with Crippen LogP contribution in [0.3, 0.4) is 0 Å². The molecule has 0 bridgehead atoms. The van der Waals surface area contributed by atoms with E-state index in [9.17, 15) is 13.2 Å². The molecule has 0 fully saturated rings. The van der Waals surface area contributed by atoms with Gasteiger partial charge in [-0.05, 0) is 12.1 Å². The Morgan fingerprint density at radius 3 is 2.43 bits per heavy atom. The number of anilines is 1. The lowest BCUT2D eigenvalue weighted by molar-refractivity contribution is -0.274. The Balaban J connectivity index is 2.87. The number of benzene rings is 1. The molecule has 0 aliphatic carbocycles. The zero-order valence-electron chi connectivity index (χ0n) is 6.73. The number of hydrogen-bond donors (Lipinski definition) is 2. The topological polar surface area (TPSA) is 47.3 Å². The predicted molar refractivity (Wildman–Crippen MR) is 45.9 cm³/mol. The summed E-state index contributed by atoms with van der Waals surface area (Å²) in [5.41, 5.74) is 2.54. The van der Waals surface area contributed by atoms with E-state index in [0.717, 1.165) is 12.1 Å². The van der Waals surface area contributed by atoms with E-state index in [1.165, 1.54) is 6.07 Å². The zero-order chi connectivity index (χ0) is 10.8. The maximum Gasteiger partial charge on any atom is 0.573 e. The average molecular weight is 227 g/mol. The summed E-state index contributed by atoms with van der Waals surface area (Å²) in [7, 11) is 0. The van der Waals surface area contributed by atoms with Crippen molar-refractivity contribution in [3.8, 4) is 5.75 Å². The van der Waals surface area contributed by atoms with Crippen LogP contribution in [0.5, 0.6) is 5.75 Å². The van der Waals surface area contributed by atoms with Gasteiger partial charge in [-0.1, -0.05) is 11.6 Å². The van der Waals surface area contributed by atoms with Gasteiger partial charge in [0.05, 0.1) is 10.7 Å². The Bertz CT molecular complexity index is 329. The normalized spacial score (nSPS) is 11.2. The van der Waals surface area contributed by atoms with E-state index in [2.05, 4.69) is 10.2 Å². The molecule has 1 aromatic carbocycles. The number of nitrogens with one attached hydrogen (secondary N) is 1. The van der Waals surface area contributed by atoms with Crippen LogP contribution >= 0.6 is 11.6 Å². The van der Waals surface area contributed by atoms with Crippen LogP contribution in [0.2, 0.25) is 5.02 Å². The Kier molecular flexibility index (Phi) is 3.07. The third-order valence-corrected chi connectivity index (χ3v) is 1.64. The van der Waals surface area contributed by atoms with Crippen LogP contribution in [-0.4, -0.2) is 6.36 Å². The van der Waals surface area contributed by atoms with E-state index in [1.807, 2.05) is 0 Å². The first-order valence-electron chi connectivity index (χ1n) is 3.44. The second-order valence-electron chi connectivity index (χ2n) is 2.33. The van der Waals surface area contributed by atoms with Crippen LogP contribution in [0.1, 0.15) is 0 Å². The molecule has 78 valence electrons. The Hall–Kier alpha value is -1.14. The molecule has 0 aliphatic rings. The first kappa shape index (κ1) is 10.9. The summed E-state index contributed by atoms with van der Waals surface area (Å²) >= 11 is 5.57. The fourth-order valence-electron chi connectivity index (χ4n) is 0.810. The summed E-state index contributed by atoms with van der Waals surface area (Å²) in [6.07, 6.45) is -4.72. The highest BCUT2D eigenvalue weighted by atomic mass is 35.5. The lowest BCUT2D eigenvalue weighted by Crippen LogP contribution is -2.17. The van der Waals surface area contributed by atoms with E-state index < -0.39 is 6.36 Å². The minimum absolute atomic E-state index is 0.0502. The van der Waals surface area contributed by atoms with Crippen molar-refractivity contribution in [1.29, 1.82) is 0 Å². The monoisotopic (exact) mass is 226 g/mol. The summed E-state index contributed by atoms with van der Waals surface area (Å²) in [5.74, 6) is 4.64. The molecule has 0 unspecified atom stereocenters. The summed E-state index contributed by atoms with van der Waals surface area (Å²) in [5, 5.41) is 0.0502. The van der Waals surface area contributed by atoms with Crippen molar-refractivity contribution in [2.24, 2.45) is 5.84 Å². The second-order valence-corrected chi connectivity index (χ2v) is 2.74. The largest absolute Gasteiger partial charge is 0.573 e. The lowest BCUT2D eigenvalue weighted by Gasteiger charge is -2.10. The zero-order valence-corrected chi connectivity index (χ0v) is 7.49. The molecule has 0 amide bonds. The van der Waals surface area contributed by atoms with Crippen LogP contribution in [0, 0.1) is 0 Å². The number of hydrogen-bond acceptors (Lipinski definition) is 3. The van der Waals surface area contributed by atoms with Crippen LogP contribution in [0.4, 0.5) is 18.9 Å². The van der Waals surface area contributed by atoms with Crippen LogP contribution in [0.25, 0.3) is 0 Å². The van der Waals surface area contributed by atoms with Gasteiger partial charge in [0.15, 0.2) is 0 Å². The van der Waals surface area contributed by atoms with Crippen molar-refractivity contribution in [3.63, 3.8) is 0 Å². The highest BCUT2D eigenvalue weighted by Gasteiger charge is 2.31. The van der Waals surface area contributed by atoms with Crippen molar-refractivity contribution >= 4 is 17.3 Å². The molecule has 0 saturated carbocycles. The lowest BCUT2D eigenvalue weighted by atomic mass is 10.3.